The maximum atomic E-state index is 15.8. The Hall–Kier alpha value is -2.77. The second-order valence-electron chi connectivity index (χ2n) is 10.8. The minimum atomic E-state index is -1.94. The quantitative estimate of drug-likeness (QED) is 0.421. The molecule has 0 saturated heterocycles. The minimum Gasteiger partial charge on any atom is -0.479 e. The summed E-state index contributed by atoms with van der Waals surface area (Å²) in [6.45, 7) is 3.67. The van der Waals surface area contributed by atoms with E-state index in [9.17, 15) is 20.1 Å². The molecule has 6 unspecified atom stereocenters. The number of benzene rings is 1. The summed E-state index contributed by atoms with van der Waals surface area (Å²) in [4.78, 5) is 12.0. The summed E-state index contributed by atoms with van der Waals surface area (Å²) in [5.41, 5.74) is -1.05. The number of aliphatic carboxylic acids is 1. The average Bonchev–Trinajstić information content (AvgIpc) is 3.06. The Morgan fingerprint density at radius 3 is 2.62 bits per heavy atom. The van der Waals surface area contributed by atoms with Crippen molar-refractivity contribution in [1.82, 2.24) is 0 Å². The number of rotatable bonds is 4. The van der Waals surface area contributed by atoms with Crippen LogP contribution in [-0.2, 0) is 4.79 Å². The second kappa shape index (κ2) is 7.62. The van der Waals surface area contributed by atoms with Gasteiger partial charge in [0, 0.05) is 34.3 Å². The van der Waals surface area contributed by atoms with Gasteiger partial charge in [0.15, 0.2) is 5.60 Å². The maximum Gasteiger partial charge on any atom is 0.336 e. The van der Waals surface area contributed by atoms with E-state index in [1.54, 1.807) is 19.1 Å². The van der Waals surface area contributed by atoms with Crippen molar-refractivity contribution in [3.63, 3.8) is 0 Å². The molecule has 0 radical (unpaired) electrons. The van der Waals surface area contributed by atoms with Crippen LogP contribution < -0.4 is 5.32 Å². The molecule has 5 N–H and O–H groups in total. The van der Waals surface area contributed by atoms with E-state index >= 15 is 4.39 Å². The fourth-order valence-corrected chi connectivity index (χ4v) is 7.51. The molecule has 34 heavy (non-hydrogen) atoms. The van der Waals surface area contributed by atoms with Crippen LogP contribution in [0.15, 0.2) is 65.2 Å². The lowest BCUT2D eigenvalue weighted by atomic mass is 9.47. The Bertz CT molecular complexity index is 1140. The third-order valence-electron chi connectivity index (χ3n) is 9.23. The molecule has 4 aliphatic carbocycles. The summed E-state index contributed by atoms with van der Waals surface area (Å²) in [5.74, 6) is -2.66. The molecule has 0 aromatic heterocycles. The summed E-state index contributed by atoms with van der Waals surface area (Å²) in [6.07, 6.45) is 4.73. The number of hydrogen-bond donors (Lipinski definition) is 5. The lowest BCUT2D eigenvalue weighted by Crippen LogP contribution is -2.61. The van der Waals surface area contributed by atoms with Crippen molar-refractivity contribution >= 4 is 17.9 Å². The van der Waals surface area contributed by atoms with Gasteiger partial charge in [-0.15, -0.1) is 0 Å². The van der Waals surface area contributed by atoms with Crippen LogP contribution in [0.1, 0.15) is 39.5 Å². The molecule has 0 aliphatic heterocycles. The Labute approximate surface area is 198 Å². The molecule has 0 amide bonds. The van der Waals surface area contributed by atoms with Gasteiger partial charge in [0.1, 0.15) is 5.83 Å². The summed E-state index contributed by atoms with van der Waals surface area (Å²) < 4.78 is 15.8. The van der Waals surface area contributed by atoms with E-state index in [0.717, 1.165) is 11.3 Å². The molecule has 1 aromatic carbocycles. The number of fused-ring (bicyclic) bond motifs is 5. The van der Waals surface area contributed by atoms with Crippen LogP contribution in [0.3, 0.4) is 0 Å². The molecule has 6 nitrogen and oxygen atoms in total. The highest BCUT2D eigenvalue weighted by Crippen LogP contribution is 2.67. The van der Waals surface area contributed by atoms with Gasteiger partial charge in [-0.1, -0.05) is 32.0 Å². The number of anilines is 1. The molecule has 0 heterocycles. The van der Waals surface area contributed by atoms with Gasteiger partial charge in [-0.25, -0.2) is 9.18 Å². The predicted molar refractivity (Wildman–Crippen MR) is 127 cm³/mol. The molecule has 2 fully saturated rings. The van der Waals surface area contributed by atoms with Crippen LogP contribution >= 0.6 is 0 Å². The van der Waals surface area contributed by atoms with Gasteiger partial charge in [-0.05, 0) is 73.0 Å². The van der Waals surface area contributed by atoms with Crippen LogP contribution in [0.5, 0.6) is 0 Å². The number of para-hydroxylation sites is 1. The zero-order chi connectivity index (χ0) is 24.5. The fraction of sp³-hybridized carbons (Fsp3) is 0.481. The summed E-state index contributed by atoms with van der Waals surface area (Å²) in [6, 6.07) is 9.50. The molecule has 1 aromatic rings. The van der Waals surface area contributed by atoms with Crippen molar-refractivity contribution in [1.29, 1.82) is 5.41 Å². The van der Waals surface area contributed by atoms with Gasteiger partial charge in [-0.2, -0.15) is 0 Å². The zero-order valence-corrected chi connectivity index (χ0v) is 19.4. The molecule has 0 spiro atoms. The highest BCUT2D eigenvalue weighted by molar-refractivity contribution is 5.81. The van der Waals surface area contributed by atoms with Crippen molar-refractivity contribution in [2.75, 3.05) is 5.32 Å². The number of halogens is 1. The van der Waals surface area contributed by atoms with Gasteiger partial charge < -0.3 is 26.0 Å². The molecular weight excluding hydrogens is 435 g/mol. The standard InChI is InChI=1S/C27H31FN2O4/c1-25-12-15(14-29)21(30-16-6-4-3-5-7-16)11-19(25)20(28)10-17-18-8-9-27(34,24(32)33)26(18,2)13-22(31)23(17)25/h3-7,10-11,14,17-18,22-23,29-31,34H,8-9,12-13H2,1-2H3,(H,32,33)/t17?,18?,22?,23?,25?,26?,27-/m0/s1. The van der Waals surface area contributed by atoms with E-state index in [0.29, 0.717) is 24.1 Å². The highest BCUT2D eigenvalue weighted by Gasteiger charge is 2.69. The van der Waals surface area contributed by atoms with Crippen molar-refractivity contribution in [3.05, 3.63) is 65.2 Å². The van der Waals surface area contributed by atoms with Crippen LogP contribution in [0.25, 0.3) is 0 Å². The topological polar surface area (TPSA) is 114 Å². The van der Waals surface area contributed by atoms with Gasteiger partial charge in [-0.3, -0.25) is 0 Å². The van der Waals surface area contributed by atoms with Crippen molar-refractivity contribution < 1.29 is 24.5 Å². The summed E-state index contributed by atoms with van der Waals surface area (Å²) >= 11 is 0. The highest BCUT2D eigenvalue weighted by atomic mass is 19.1. The molecule has 180 valence electrons. The van der Waals surface area contributed by atoms with Crippen LogP contribution in [0, 0.1) is 34.0 Å². The SMILES string of the molecule is CC12CC(C=N)=C(Nc3ccccc3)C=C1C(F)=CC1C2C(O)CC2(C)C1CC[C@]2(O)C(=O)O. The molecule has 5 rings (SSSR count). The average molecular weight is 467 g/mol. The normalized spacial score (nSPS) is 41.0. The first-order valence-corrected chi connectivity index (χ1v) is 11.8. The van der Waals surface area contributed by atoms with E-state index in [1.807, 2.05) is 37.3 Å². The van der Waals surface area contributed by atoms with Gasteiger partial charge >= 0.3 is 5.97 Å². The van der Waals surface area contributed by atoms with Crippen molar-refractivity contribution in [2.24, 2.45) is 28.6 Å². The monoisotopic (exact) mass is 466 g/mol. The van der Waals surface area contributed by atoms with Crippen LogP contribution in [-0.4, -0.2) is 39.2 Å². The molecular formula is C27H31FN2O4. The number of carbonyl (C=O) groups is 1. The first-order valence-electron chi connectivity index (χ1n) is 11.8. The first-order chi connectivity index (χ1) is 16.0. The van der Waals surface area contributed by atoms with Crippen molar-refractivity contribution in [2.45, 2.75) is 51.2 Å². The van der Waals surface area contributed by atoms with E-state index in [2.05, 4.69) is 5.32 Å². The van der Waals surface area contributed by atoms with E-state index in [1.165, 1.54) is 6.21 Å². The minimum absolute atomic E-state index is 0.0884. The molecule has 4 aliphatic rings. The first kappa shape index (κ1) is 23.0. The Kier molecular flexibility index (Phi) is 5.15. The molecule has 7 heteroatoms. The number of aliphatic hydroxyl groups is 2. The van der Waals surface area contributed by atoms with Crippen molar-refractivity contribution in [3.8, 4) is 0 Å². The Morgan fingerprint density at radius 2 is 1.97 bits per heavy atom. The fourth-order valence-electron chi connectivity index (χ4n) is 7.51. The Balaban J connectivity index is 1.58. The number of nitrogens with one attached hydrogen (secondary N) is 2. The third-order valence-corrected chi connectivity index (χ3v) is 9.23. The molecule has 7 atom stereocenters. The molecule has 0 bridgehead atoms. The maximum absolute atomic E-state index is 15.8. The molecule has 2 saturated carbocycles. The summed E-state index contributed by atoms with van der Waals surface area (Å²) in [5, 5.41) is 43.6. The lowest BCUT2D eigenvalue weighted by Gasteiger charge is -2.58. The van der Waals surface area contributed by atoms with E-state index < -0.39 is 34.4 Å². The number of aliphatic hydroxyl groups excluding tert-OH is 1. The predicted octanol–water partition coefficient (Wildman–Crippen LogP) is 4.43. The van der Waals surface area contributed by atoms with Crippen LogP contribution in [0.4, 0.5) is 10.1 Å². The van der Waals surface area contributed by atoms with E-state index in [4.69, 9.17) is 5.41 Å². The largest absolute Gasteiger partial charge is 0.479 e. The number of carboxylic acid groups (broad SMARTS) is 1. The third kappa shape index (κ3) is 2.99. The van der Waals surface area contributed by atoms with E-state index in [-0.39, 0.29) is 30.5 Å². The van der Waals surface area contributed by atoms with Crippen LogP contribution in [0.2, 0.25) is 0 Å². The second-order valence-corrected chi connectivity index (χ2v) is 10.8. The number of carboxylic acids is 1. The number of allylic oxidation sites excluding steroid dienone is 5. The van der Waals surface area contributed by atoms with Gasteiger partial charge in [0.25, 0.3) is 0 Å². The Morgan fingerprint density at radius 1 is 1.26 bits per heavy atom. The number of hydrogen-bond acceptors (Lipinski definition) is 5. The smallest absolute Gasteiger partial charge is 0.336 e. The van der Waals surface area contributed by atoms with Gasteiger partial charge in [0.05, 0.1) is 6.10 Å². The zero-order valence-electron chi connectivity index (χ0n) is 19.4. The summed E-state index contributed by atoms with van der Waals surface area (Å²) in [7, 11) is 0. The van der Waals surface area contributed by atoms with Gasteiger partial charge in [0.2, 0.25) is 0 Å². The lowest BCUT2D eigenvalue weighted by molar-refractivity contribution is -0.188.